The molecule has 0 N–H and O–H groups in total. The van der Waals surface area contributed by atoms with Crippen LogP contribution in [0.5, 0.6) is 0 Å². The summed E-state index contributed by atoms with van der Waals surface area (Å²) in [5.74, 6) is -0.107. The lowest BCUT2D eigenvalue weighted by Gasteiger charge is -2.54. The molecule has 3 heterocycles. The van der Waals surface area contributed by atoms with Crippen LogP contribution in [0.3, 0.4) is 0 Å². The Morgan fingerprint density at radius 3 is 2.34 bits per heavy atom. The normalized spacial score (nSPS) is 26.0. The Morgan fingerprint density at radius 1 is 0.886 bits per heavy atom. The fraction of sp³-hybridized carbons (Fsp3) is 0.519. The molecule has 0 aromatic heterocycles. The van der Waals surface area contributed by atoms with Gasteiger partial charge in [-0.05, 0) is 43.1 Å². The van der Waals surface area contributed by atoms with Crippen molar-refractivity contribution in [3.05, 3.63) is 71.3 Å². The van der Waals surface area contributed by atoms with E-state index in [1.165, 1.54) is 11.6 Å². The van der Waals surface area contributed by atoms with Crippen molar-refractivity contribution in [1.82, 2.24) is 14.7 Å². The van der Waals surface area contributed by atoms with Crippen LogP contribution in [0.4, 0.5) is 13.2 Å². The van der Waals surface area contributed by atoms with E-state index in [9.17, 15) is 18.0 Å². The molecule has 3 aliphatic rings. The molecule has 3 aliphatic heterocycles. The maximum absolute atomic E-state index is 13.6. The van der Waals surface area contributed by atoms with Gasteiger partial charge in [0.1, 0.15) is 0 Å². The first-order valence-corrected chi connectivity index (χ1v) is 12.5. The molecule has 0 saturated carbocycles. The van der Waals surface area contributed by atoms with Crippen molar-refractivity contribution in [3.63, 3.8) is 0 Å². The summed E-state index contributed by atoms with van der Waals surface area (Å²) in [6.45, 7) is 5.17. The molecule has 35 heavy (non-hydrogen) atoms. The summed E-state index contributed by atoms with van der Waals surface area (Å²) in [6, 6.07) is 15.5. The molecule has 188 valence electrons. The summed E-state index contributed by atoms with van der Waals surface area (Å²) >= 11 is 0. The van der Waals surface area contributed by atoms with Crippen LogP contribution in [0.15, 0.2) is 54.6 Å². The number of ether oxygens (including phenoxy) is 1. The number of carbonyl (C=O) groups excluding carboxylic acids is 1. The van der Waals surface area contributed by atoms with Gasteiger partial charge in [0.05, 0.1) is 43.3 Å². The quantitative estimate of drug-likeness (QED) is 0.643. The van der Waals surface area contributed by atoms with Crippen molar-refractivity contribution < 1.29 is 22.7 Å². The summed E-state index contributed by atoms with van der Waals surface area (Å²) in [6.07, 6.45) is -2.17. The van der Waals surface area contributed by atoms with Gasteiger partial charge in [0, 0.05) is 19.6 Å². The van der Waals surface area contributed by atoms with Gasteiger partial charge < -0.3 is 9.64 Å². The van der Waals surface area contributed by atoms with Crippen molar-refractivity contribution in [2.75, 3.05) is 39.4 Å². The lowest BCUT2D eigenvalue weighted by atomic mass is 9.90. The van der Waals surface area contributed by atoms with Crippen LogP contribution in [0.25, 0.3) is 0 Å². The van der Waals surface area contributed by atoms with Gasteiger partial charge in [0.25, 0.3) is 0 Å². The number of fused-ring (bicyclic) bond motifs is 1. The molecule has 1 amide bonds. The number of likely N-dealkylation sites (tertiary alicyclic amines) is 1. The lowest BCUT2D eigenvalue weighted by Crippen LogP contribution is -2.71. The number of rotatable bonds is 5. The Kier molecular flexibility index (Phi) is 7.14. The Balaban J connectivity index is 1.39. The minimum atomic E-state index is -4.42. The second kappa shape index (κ2) is 10.3. The number of carbonyl (C=O) groups is 1. The average molecular weight is 488 g/mol. The molecule has 5 rings (SSSR count). The second-order valence-corrected chi connectivity index (χ2v) is 9.82. The number of piperazine rings is 1. The van der Waals surface area contributed by atoms with Gasteiger partial charge >= 0.3 is 6.18 Å². The molecule has 0 bridgehead atoms. The zero-order chi connectivity index (χ0) is 24.4. The molecule has 3 saturated heterocycles. The van der Waals surface area contributed by atoms with Crippen LogP contribution >= 0.6 is 0 Å². The maximum atomic E-state index is 13.6. The third-order valence-electron chi connectivity index (χ3n) is 7.59. The summed E-state index contributed by atoms with van der Waals surface area (Å²) in [4.78, 5) is 20.4. The first-order chi connectivity index (χ1) is 16.9. The number of amides is 1. The summed E-state index contributed by atoms with van der Waals surface area (Å²) < 4.78 is 45.7. The van der Waals surface area contributed by atoms with Crippen LogP contribution in [0.1, 0.15) is 29.5 Å². The molecule has 0 aliphatic carbocycles. The SMILES string of the molecule is O=C(Cc1cccc(C(F)(F)F)c1)N1CCN(Cc2ccccc2)C2COC[C@H](N3CCCC3)C21. The average Bonchev–Trinajstić information content (AvgIpc) is 3.39. The fourth-order valence-corrected chi connectivity index (χ4v) is 5.88. The predicted octanol–water partition coefficient (Wildman–Crippen LogP) is 3.82. The molecule has 0 spiro atoms. The predicted molar refractivity (Wildman–Crippen MR) is 127 cm³/mol. The zero-order valence-electron chi connectivity index (χ0n) is 19.8. The lowest BCUT2D eigenvalue weighted by molar-refractivity contribution is -0.153. The van der Waals surface area contributed by atoms with Crippen molar-refractivity contribution in [2.24, 2.45) is 0 Å². The highest BCUT2D eigenvalue weighted by Crippen LogP contribution is 2.32. The largest absolute Gasteiger partial charge is 0.416 e. The van der Waals surface area contributed by atoms with E-state index in [2.05, 4.69) is 21.9 Å². The summed E-state index contributed by atoms with van der Waals surface area (Å²) in [5, 5.41) is 0. The topological polar surface area (TPSA) is 36.0 Å². The van der Waals surface area contributed by atoms with Crippen molar-refractivity contribution >= 4 is 5.91 Å². The van der Waals surface area contributed by atoms with Crippen LogP contribution in [-0.2, 0) is 28.7 Å². The molecule has 3 atom stereocenters. The van der Waals surface area contributed by atoms with Gasteiger partial charge in [-0.3, -0.25) is 14.6 Å². The Labute approximate surface area is 204 Å². The van der Waals surface area contributed by atoms with Crippen molar-refractivity contribution in [3.8, 4) is 0 Å². The molecule has 2 unspecified atom stereocenters. The highest BCUT2D eigenvalue weighted by molar-refractivity contribution is 5.79. The number of nitrogens with zero attached hydrogens (tertiary/aromatic N) is 3. The summed E-state index contributed by atoms with van der Waals surface area (Å²) in [5.41, 5.74) is 0.908. The maximum Gasteiger partial charge on any atom is 0.416 e. The minimum Gasteiger partial charge on any atom is -0.378 e. The van der Waals surface area contributed by atoms with E-state index >= 15 is 0 Å². The number of alkyl halides is 3. The first-order valence-electron chi connectivity index (χ1n) is 12.5. The molecule has 5 nitrogen and oxygen atoms in total. The van der Waals surface area contributed by atoms with E-state index in [0.717, 1.165) is 44.6 Å². The fourth-order valence-electron chi connectivity index (χ4n) is 5.88. The molecule has 2 aromatic carbocycles. The third kappa shape index (κ3) is 5.39. The Hall–Kier alpha value is -2.42. The standard InChI is InChI=1S/C27H32F3N3O2/c28-27(29,30)22-10-6-9-21(15-22)16-25(34)33-14-13-32(17-20-7-2-1-3-8-20)24-19-35-18-23(26(24)33)31-11-4-5-12-31/h1-3,6-10,15,23-24,26H,4-5,11-14,16-19H2/t23-,24?,26?/m0/s1. The van der Waals surface area contributed by atoms with Gasteiger partial charge in [0.2, 0.25) is 5.91 Å². The molecule has 2 aromatic rings. The first kappa shape index (κ1) is 24.3. The van der Waals surface area contributed by atoms with E-state index < -0.39 is 11.7 Å². The van der Waals surface area contributed by atoms with E-state index in [0.29, 0.717) is 31.9 Å². The van der Waals surface area contributed by atoms with Gasteiger partial charge in [0.15, 0.2) is 0 Å². The van der Waals surface area contributed by atoms with E-state index in [4.69, 9.17) is 4.74 Å². The van der Waals surface area contributed by atoms with Crippen LogP contribution in [0, 0.1) is 0 Å². The van der Waals surface area contributed by atoms with Gasteiger partial charge in [-0.15, -0.1) is 0 Å². The number of halogens is 3. The van der Waals surface area contributed by atoms with Crippen LogP contribution < -0.4 is 0 Å². The van der Waals surface area contributed by atoms with Crippen molar-refractivity contribution in [2.45, 2.75) is 50.1 Å². The van der Waals surface area contributed by atoms with Gasteiger partial charge in [-0.1, -0.05) is 48.5 Å². The number of hydrogen-bond acceptors (Lipinski definition) is 4. The molecule has 3 fully saturated rings. The molecule has 8 heteroatoms. The van der Waals surface area contributed by atoms with Gasteiger partial charge in [-0.25, -0.2) is 0 Å². The van der Waals surface area contributed by atoms with Crippen molar-refractivity contribution in [1.29, 1.82) is 0 Å². The zero-order valence-corrected chi connectivity index (χ0v) is 19.8. The van der Waals surface area contributed by atoms with E-state index in [1.807, 2.05) is 23.1 Å². The smallest absolute Gasteiger partial charge is 0.378 e. The minimum absolute atomic E-state index is 0.0284. The Morgan fingerprint density at radius 2 is 1.60 bits per heavy atom. The van der Waals surface area contributed by atoms with E-state index in [-0.39, 0.29) is 30.5 Å². The highest BCUT2D eigenvalue weighted by Gasteiger charge is 2.47. The number of hydrogen-bond donors (Lipinski definition) is 0. The number of benzene rings is 2. The molecular formula is C27H32F3N3O2. The highest BCUT2D eigenvalue weighted by atomic mass is 19.4. The van der Waals surface area contributed by atoms with Crippen LogP contribution in [0.2, 0.25) is 0 Å². The Bertz CT molecular complexity index is 1010. The van der Waals surface area contributed by atoms with E-state index in [1.54, 1.807) is 6.07 Å². The van der Waals surface area contributed by atoms with Gasteiger partial charge in [-0.2, -0.15) is 13.2 Å². The van der Waals surface area contributed by atoms with Crippen LogP contribution in [-0.4, -0.2) is 78.1 Å². The third-order valence-corrected chi connectivity index (χ3v) is 7.59. The molecule has 0 radical (unpaired) electrons. The molecular weight excluding hydrogens is 455 g/mol. The second-order valence-electron chi connectivity index (χ2n) is 9.82. The summed E-state index contributed by atoms with van der Waals surface area (Å²) in [7, 11) is 0. The monoisotopic (exact) mass is 487 g/mol.